The molecule has 0 saturated heterocycles. The van der Waals surface area contributed by atoms with Gasteiger partial charge in [0.15, 0.2) is 5.82 Å². The number of aryl methyl sites for hydroxylation is 1. The van der Waals surface area contributed by atoms with Gasteiger partial charge >= 0.3 is 0 Å². The van der Waals surface area contributed by atoms with Crippen LogP contribution in [-0.4, -0.2) is 24.7 Å². The highest BCUT2D eigenvalue weighted by molar-refractivity contribution is 5.77. The smallest absolute Gasteiger partial charge is 0.188 e. The topological polar surface area (TPSA) is 109 Å². The van der Waals surface area contributed by atoms with Crippen LogP contribution in [0.4, 0.5) is 11.6 Å². The average Bonchev–Trinajstić information content (AvgIpc) is 2.51. The van der Waals surface area contributed by atoms with Crippen molar-refractivity contribution in [1.29, 1.82) is 0 Å². The van der Waals surface area contributed by atoms with Gasteiger partial charge < -0.3 is 11.5 Å². The number of hydrogen-bond donors (Lipinski definition) is 2. The molecule has 2 aromatic rings. The Hall–Kier alpha value is -2.18. The first kappa shape index (κ1) is 8.42. The van der Waals surface area contributed by atoms with Crippen LogP contribution in [0.25, 0.3) is 11.4 Å². The quantitative estimate of drug-likeness (QED) is 0.625. The highest BCUT2D eigenvalue weighted by Crippen LogP contribution is 2.24. The summed E-state index contributed by atoms with van der Waals surface area (Å²) in [7, 11) is 1.76. The summed E-state index contributed by atoms with van der Waals surface area (Å²) in [6, 6.07) is 0. The third-order valence-corrected chi connectivity index (χ3v) is 1.73. The number of hydrogen-bond acceptors (Lipinski definition) is 6. The number of anilines is 2. The summed E-state index contributed by atoms with van der Waals surface area (Å²) in [4.78, 5) is 11.7. The largest absolute Gasteiger partial charge is 0.383 e. The van der Waals surface area contributed by atoms with Gasteiger partial charge in [0.2, 0.25) is 0 Å². The van der Waals surface area contributed by atoms with Gasteiger partial charge in [0.1, 0.15) is 29.9 Å². The van der Waals surface area contributed by atoms with E-state index >= 15 is 0 Å². The highest BCUT2D eigenvalue weighted by atomic mass is 15.3. The predicted molar refractivity (Wildman–Crippen MR) is 50.9 cm³/mol. The summed E-state index contributed by atoms with van der Waals surface area (Å²) in [5.41, 5.74) is 11.8. The van der Waals surface area contributed by atoms with Crippen LogP contribution >= 0.6 is 0 Å². The Morgan fingerprint density at radius 2 is 1.79 bits per heavy atom. The first-order chi connectivity index (χ1) is 6.68. The Bertz CT molecular complexity index is 441. The van der Waals surface area contributed by atoms with Crippen molar-refractivity contribution in [3.63, 3.8) is 0 Å². The van der Waals surface area contributed by atoms with E-state index in [-0.39, 0.29) is 11.6 Å². The van der Waals surface area contributed by atoms with Gasteiger partial charge in [0.05, 0.1) is 0 Å². The number of nitrogens with two attached hydrogens (primary N) is 2. The maximum absolute atomic E-state index is 5.64. The molecule has 2 heterocycles. The fraction of sp³-hybridized carbons (Fsp3) is 0.143. The molecule has 7 heteroatoms. The molecule has 2 aromatic heterocycles. The molecule has 72 valence electrons. The second kappa shape index (κ2) is 2.95. The van der Waals surface area contributed by atoms with Crippen molar-refractivity contribution in [2.24, 2.45) is 7.05 Å². The molecular formula is C7H9N7. The highest BCUT2D eigenvalue weighted by Gasteiger charge is 2.12. The zero-order chi connectivity index (χ0) is 10.1. The standard InChI is InChI=1S/C7H9N7/c1-14-3-12-7(13-14)4-5(8)10-2-11-6(4)9/h2-3H,1H3,(H4,8,9,10,11). The van der Waals surface area contributed by atoms with Gasteiger partial charge in [0, 0.05) is 7.05 Å². The minimum Gasteiger partial charge on any atom is -0.383 e. The maximum Gasteiger partial charge on any atom is 0.188 e. The summed E-state index contributed by atoms with van der Waals surface area (Å²) in [5.74, 6) is 0.996. The molecule has 0 amide bonds. The van der Waals surface area contributed by atoms with E-state index in [9.17, 15) is 0 Å². The van der Waals surface area contributed by atoms with Crippen LogP contribution < -0.4 is 11.5 Å². The Kier molecular flexibility index (Phi) is 1.77. The zero-order valence-electron chi connectivity index (χ0n) is 7.55. The number of aromatic nitrogens is 5. The summed E-state index contributed by atoms with van der Waals surface area (Å²) < 4.78 is 1.56. The lowest BCUT2D eigenvalue weighted by molar-refractivity contribution is 0.768. The maximum atomic E-state index is 5.64. The first-order valence-electron chi connectivity index (χ1n) is 3.90. The van der Waals surface area contributed by atoms with Gasteiger partial charge in [-0.15, -0.1) is 0 Å². The predicted octanol–water partition coefficient (Wildman–Crippen LogP) is -0.564. The van der Waals surface area contributed by atoms with Gasteiger partial charge in [-0.05, 0) is 0 Å². The summed E-state index contributed by atoms with van der Waals surface area (Å²) in [5, 5.41) is 4.07. The third kappa shape index (κ3) is 1.24. The van der Waals surface area contributed by atoms with Crippen LogP contribution in [0.3, 0.4) is 0 Å². The molecule has 0 radical (unpaired) electrons. The second-order valence-electron chi connectivity index (χ2n) is 2.76. The van der Waals surface area contributed by atoms with Gasteiger partial charge in [-0.1, -0.05) is 0 Å². The molecule has 0 atom stereocenters. The Morgan fingerprint density at radius 1 is 1.14 bits per heavy atom. The second-order valence-corrected chi connectivity index (χ2v) is 2.76. The van der Waals surface area contributed by atoms with E-state index in [0.717, 1.165) is 0 Å². The van der Waals surface area contributed by atoms with Crippen LogP contribution in [-0.2, 0) is 7.05 Å². The van der Waals surface area contributed by atoms with Crippen LogP contribution in [0.2, 0.25) is 0 Å². The van der Waals surface area contributed by atoms with Gasteiger partial charge in [-0.2, -0.15) is 5.10 Å². The SMILES string of the molecule is Cn1cnc(-c2c(N)ncnc2N)n1. The van der Waals surface area contributed by atoms with Crippen molar-refractivity contribution < 1.29 is 0 Å². The monoisotopic (exact) mass is 191 g/mol. The van der Waals surface area contributed by atoms with Crippen LogP contribution in [0.1, 0.15) is 0 Å². The molecule has 14 heavy (non-hydrogen) atoms. The van der Waals surface area contributed by atoms with Gasteiger partial charge in [-0.25, -0.2) is 15.0 Å². The molecule has 0 aliphatic heterocycles. The molecule has 2 rings (SSSR count). The molecule has 0 fully saturated rings. The molecule has 0 saturated carbocycles. The van der Waals surface area contributed by atoms with E-state index in [0.29, 0.717) is 11.4 Å². The van der Waals surface area contributed by atoms with E-state index in [1.807, 2.05) is 0 Å². The molecule has 0 bridgehead atoms. The van der Waals surface area contributed by atoms with Gasteiger partial charge in [0.25, 0.3) is 0 Å². The van der Waals surface area contributed by atoms with E-state index in [2.05, 4.69) is 20.1 Å². The van der Waals surface area contributed by atoms with Crippen LogP contribution in [0.5, 0.6) is 0 Å². The molecule has 0 spiro atoms. The molecule has 0 unspecified atom stereocenters. The molecular weight excluding hydrogens is 182 g/mol. The fourth-order valence-electron chi connectivity index (χ4n) is 1.10. The van der Waals surface area contributed by atoms with Crippen molar-refractivity contribution in [2.45, 2.75) is 0 Å². The van der Waals surface area contributed by atoms with Crippen molar-refractivity contribution in [2.75, 3.05) is 11.5 Å². The normalized spacial score (nSPS) is 10.4. The van der Waals surface area contributed by atoms with Crippen molar-refractivity contribution in [3.05, 3.63) is 12.7 Å². The lowest BCUT2D eigenvalue weighted by Gasteiger charge is -2.01. The molecule has 0 aliphatic carbocycles. The number of rotatable bonds is 1. The van der Waals surface area contributed by atoms with Crippen LogP contribution in [0.15, 0.2) is 12.7 Å². The lowest BCUT2D eigenvalue weighted by atomic mass is 10.2. The average molecular weight is 191 g/mol. The van der Waals surface area contributed by atoms with Crippen LogP contribution in [0, 0.1) is 0 Å². The Balaban J connectivity index is 2.61. The summed E-state index contributed by atoms with van der Waals surface area (Å²) in [6.45, 7) is 0. The molecule has 0 aromatic carbocycles. The van der Waals surface area contributed by atoms with E-state index in [4.69, 9.17) is 11.5 Å². The van der Waals surface area contributed by atoms with Crippen molar-refractivity contribution >= 4 is 11.6 Å². The van der Waals surface area contributed by atoms with Gasteiger partial charge in [-0.3, -0.25) is 4.68 Å². The van der Waals surface area contributed by atoms with E-state index in [1.165, 1.54) is 6.33 Å². The van der Waals surface area contributed by atoms with Crippen molar-refractivity contribution in [1.82, 2.24) is 24.7 Å². The Labute approximate surface area is 79.8 Å². The minimum absolute atomic E-state index is 0.281. The molecule has 0 aliphatic rings. The first-order valence-corrected chi connectivity index (χ1v) is 3.90. The molecule has 7 nitrogen and oxygen atoms in total. The summed E-state index contributed by atoms with van der Waals surface area (Å²) in [6.07, 6.45) is 2.86. The number of nitrogen functional groups attached to an aromatic ring is 2. The van der Waals surface area contributed by atoms with E-state index in [1.54, 1.807) is 18.1 Å². The fourth-order valence-corrected chi connectivity index (χ4v) is 1.10. The third-order valence-electron chi connectivity index (χ3n) is 1.73. The minimum atomic E-state index is 0.281. The molecule has 4 N–H and O–H groups in total. The number of nitrogens with zero attached hydrogens (tertiary/aromatic N) is 5. The van der Waals surface area contributed by atoms with Crippen molar-refractivity contribution in [3.8, 4) is 11.4 Å². The Morgan fingerprint density at radius 3 is 2.29 bits per heavy atom. The van der Waals surface area contributed by atoms with E-state index < -0.39 is 0 Å². The summed E-state index contributed by atoms with van der Waals surface area (Å²) >= 11 is 0. The lowest BCUT2D eigenvalue weighted by Crippen LogP contribution is -2.02. The zero-order valence-corrected chi connectivity index (χ0v) is 7.55.